The van der Waals surface area contributed by atoms with Gasteiger partial charge in [0.05, 0.1) is 25.1 Å². The van der Waals surface area contributed by atoms with E-state index in [1.54, 1.807) is 6.92 Å². The zero-order valence-electron chi connectivity index (χ0n) is 14.1. The van der Waals surface area contributed by atoms with Gasteiger partial charge in [0.2, 0.25) is 5.91 Å². The molecule has 1 heterocycles. The van der Waals surface area contributed by atoms with Crippen LogP contribution in [0.25, 0.3) is 0 Å². The lowest BCUT2D eigenvalue weighted by molar-refractivity contribution is -0.147. The van der Waals surface area contributed by atoms with Crippen molar-refractivity contribution in [1.29, 1.82) is 0 Å². The molecule has 24 heavy (non-hydrogen) atoms. The highest BCUT2D eigenvalue weighted by molar-refractivity contribution is 5.81. The van der Waals surface area contributed by atoms with Gasteiger partial charge in [-0.15, -0.1) is 0 Å². The minimum atomic E-state index is -2.73. The molecule has 1 fully saturated rings. The van der Waals surface area contributed by atoms with E-state index in [-0.39, 0.29) is 36.0 Å². The molecule has 0 bridgehead atoms. The Morgan fingerprint density at radius 2 is 2.00 bits per heavy atom. The predicted octanol–water partition coefficient (Wildman–Crippen LogP) is 2.29. The van der Waals surface area contributed by atoms with E-state index >= 15 is 0 Å². The molecular weight excluding hydrogens is 320 g/mol. The number of carbonyl (C=O) groups is 2. The maximum atomic E-state index is 12.9. The molecule has 1 N–H and O–H groups in total. The minimum Gasteiger partial charge on any atom is -0.469 e. The highest BCUT2D eigenvalue weighted by Gasteiger charge is 2.33. The number of rotatable bonds is 5. The number of alkyl halides is 2. The van der Waals surface area contributed by atoms with Gasteiger partial charge in [-0.3, -0.25) is 9.59 Å². The summed E-state index contributed by atoms with van der Waals surface area (Å²) in [6.07, 6.45) is 3.21. The number of esters is 1. The van der Waals surface area contributed by atoms with Crippen LogP contribution in [0, 0.1) is 19.8 Å². The van der Waals surface area contributed by atoms with Crippen molar-refractivity contribution in [1.82, 2.24) is 15.1 Å². The van der Waals surface area contributed by atoms with Crippen molar-refractivity contribution in [3.8, 4) is 0 Å². The number of nitrogens with zero attached hydrogens (tertiary/aromatic N) is 2. The molecule has 1 aliphatic rings. The summed E-state index contributed by atoms with van der Waals surface area (Å²) < 4.78 is 31.1. The fourth-order valence-electron chi connectivity index (χ4n) is 3.30. The van der Waals surface area contributed by atoms with Crippen LogP contribution in [0.5, 0.6) is 0 Å². The van der Waals surface area contributed by atoms with E-state index in [2.05, 4.69) is 10.4 Å². The van der Waals surface area contributed by atoms with Gasteiger partial charge in [0.25, 0.3) is 0 Å². The molecule has 0 unspecified atom stereocenters. The summed E-state index contributed by atoms with van der Waals surface area (Å²) in [6, 6.07) is -0.274. The molecule has 8 heteroatoms. The van der Waals surface area contributed by atoms with Gasteiger partial charge in [-0.1, -0.05) is 12.8 Å². The van der Waals surface area contributed by atoms with Gasteiger partial charge in [0.15, 0.2) is 0 Å². The van der Waals surface area contributed by atoms with Gasteiger partial charge < -0.3 is 10.1 Å². The second-order valence-corrected chi connectivity index (χ2v) is 6.14. The largest absolute Gasteiger partial charge is 0.469 e. The van der Waals surface area contributed by atoms with Crippen molar-refractivity contribution in [2.24, 2.45) is 5.92 Å². The Hall–Kier alpha value is -1.99. The van der Waals surface area contributed by atoms with Crippen LogP contribution >= 0.6 is 0 Å². The smallest absolute Gasteiger partial charge is 0.333 e. The number of halogens is 2. The van der Waals surface area contributed by atoms with E-state index in [4.69, 9.17) is 4.74 Å². The van der Waals surface area contributed by atoms with Gasteiger partial charge in [-0.25, -0.2) is 4.68 Å². The summed E-state index contributed by atoms with van der Waals surface area (Å²) in [6.45, 7) is 0.390. The van der Waals surface area contributed by atoms with E-state index in [9.17, 15) is 18.4 Å². The normalized spacial score (nSPS) is 20.9. The van der Waals surface area contributed by atoms with Crippen LogP contribution in [0.15, 0.2) is 0 Å². The van der Waals surface area contributed by atoms with E-state index in [1.807, 2.05) is 0 Å². The summed E-state index contributed by atoms with van der Waals surface area (Å²) in [5.74, 6) is -0.965. The number of aromatic nitrogens is 2. The highest BCUT2D eigenvalue weighted by Crippen LogP contribution is 2.26. The molecule has 2 atom stereocenters. The van der Waals surface area contributed by atoms with E-state index < -0.39 is 6.55 Å². The van der Waals surface area contributed by atoms with Crippen molar-refractivity contribution >= 4 is 11.9 Å². The van der Waals surface area contributed by atoms with Crippen molar-refractivity contribution in [3.05, 3.63) is 17.0 Å². The molecule has 1 amide bonds. The number of methoxy groups -OCH3 is 1. The minimum absolute atomic E-state index is 0.0330. The average molecular weight is 343 g/mol. The number of hydrogen-bond donors (Lipinski definition) is 1. The monoisotopic (exact) mass is 343 g/mol. The molecule has 2 rings (SSSR count). The number of hydrogen-bond acceptors (Lipinski definition) is 4. The van der Waals surface area contributed by atoms with E-state index in [0.717, 1.165) is 12.8 Å². The predicted molar refractivity (Wildman–Crippen MR) is 82.6 cm³/mol. The Morgan fingerprint density at radius 3 is 2.58 bits per heavy atom. The first-order valence-corrected chi connectivity index (χ1v) is 8.05. The van der Waals surface area contributed by atoms with E-state index in [1.165, 1.54) is 14.0 Å². The van der Waals surface area contributed by atoms with Crippen molar-refractivity contribution < 1.29 is 23.1 Å². The molecule has 1 saturated carbocycles. The van der Waals surface area contributed by atoms with Crippen LogP contribution in [0.1, 0.15) is 49.2 Å². The lowest BCUT2D eigenvalue weighted by atomic mass is 9.84. The Balaban J connectivity index is 2.06. The molecule has 0 saturated heterocycles. The first kappa shape index (κ1) is 18.4. The standard InChI is InChI=1S/C16H23F2N3O3/c1-9-12(10(2)21(20-9)16(17)18)8-14(22)19-13-7-5-4-6-11(13)15(23)24-3/h11,13,16H,4-8H2,1-3H3,(H,19,22)/t11-,13-/m1/s1. The third-order valence-electron chi connectivity index (χ3n) is 4.61. The van der Waals surface area contributed by atoms with Crippen molar-refractivity contribution in [2.45, 2.75) is 58.5 Å². The highest BCUT2D eigenvalue weighted by atomic mass is 19.3. The molecular formula is C16H23F2N3O3. The number of aryl methyl sites for hydroxylation is 1. The topological polar surface area (TPSA) is 73.2 Å². The summed E-state index contributed by atoms with van der Waals surface area (Å²) in [4.78, 5) is 24.2. The molecule has 6 nitrogen and oxygen atoms in total. The zero-order chi connectivity index (χ0) is 17.9. The number of ether oxygens (including phenoxy) is 1. The third-order valence-corrected chi connectivity index (χ3v) is 4.61. The molecule has 1 aliphatic carbocycles. The second-order valence-electron chi connectivity index (χ2n) is 6.14. The second kappa shape index (κ2) is 7.72. The van der Waals surface area contributed by atoms with Crippen LogP contribution < -0.4 is 5.32 Å². The average Bonchev–Trinajstić information content (AvgIpc) is 2.83. The van der Waals surface area contributed by atoms with Crippen molar-refractivity contribution in [2.75, 3.05) is 7.11 Å². The van der Waals surface area contributed by atoms with Gasteiger partial charge in [-0.05, 0) is 26.7 Å². The Kier molecular flexibility index (Phi) is 5.90. The lowest BCUT2D eigenvalue weighted by Gasteiger charge is -2.30. The van der Waals surface area contributed by atoms with Crippen LogP contribution in [-0.4, -0.2) is 34.8 Å². The molecule has 1 aromatic rings. The molecule has 0 aliphatic heterocycles. The molecule has 0 spiro atoms. The number of carbonyl (C=O) groups excluding carboxylic acids is 2. The van der Waals surface area contributed by atoms with Gasteiger partial charge in [0.1, 0.15) is 0 Å². The van der Waals surface area contributed by atoms with Crippen LogP contribution in [-0.2, 0) is 20.7 Å². The molecule has 0 aromatic carbocycles. The van der Waals surface area contributed by atoms with Gasteiger partial charge >= 0.3 is 12.5 Å². The zero-order valence-corrected chi connectivity index (χ0v) is 14.1. The maximum absolute atomic E-state index is 12.9. The fraction of sp³-hybridized carbons (Fsp3) is 0.688. The van der Waals surface area contributed by atoms with Gasteiger partial charge in [-0.2, -0.15) is 13.9 Å². The number of amides is 1. The van der Waals surface area contributed by atoms with Gasteiger partial charge in [0, 0.05) is 17.3 Å². The SMILES string of the molecule is COC(=O)[C@@H]1CCCC[C@H]1NC(=O)Cc1c(C)nn(C(F)F)c1C. The summed E-state index contributed by atoms with van der Waals surface area (Å²) in [5, 5.41) is 6.64. The summed E-state index contributed by atoms with van der Waals surface area (Å²) in [5.41, 5.74) is 1.19. The fourth-order valence-corrected chi connectivity index (χ4v) is 3.30. The lowest BCUT2D eigenvalue weighted by Crippen LogP contribution is -2.46. The Morgan fingerprint density at radius 1 is 1.33 bits per heavy atom. The Labute approximate surface area is 139 Å². The summed E-state index contributed by atoms with van der Waals surface area (Å²) in [7, 11) is 1.33. The van der Waals surface area contributed by atoms with Crippen LogP contribution in [0.3, 0.4) is 0 Å². The molecule has 134 valence electrons. The molecule has 1 aromatic heterocycles. The van der Waals surface area contributed by atoms with Crippen LogP contribution in [0.4, 0.5) is 8.78 Å². The molecule has 0 radical (unpaired) electrons. The first-order chi connectivity index (χ1) is 11.3. The van der Waals surface area contributed by atoms with Crippen LogP contribution in [0.2, 0.25) is 0 Å². The van der Waals surface area contributed by atoms with E-state index in [0.29, 0.717) is 28.8 Å². The van der Waals surface area contributed by atoms with Crippen molar-refractivity contribution in [3.63, 3.8) is 0 Å². The number of nitrogens with one attached hydrogen (secondary N) is 1. The third kappa shape index (κ3) is 3.91. The summed E-state index contributed by atoms with van der Waals surface area (Å²) >= 11 is 0. The first-order valence-electron chi connectivity index (χ1n) is 8.05. The maximum Gasteiger partial charge on any atom is 0.333 e. The Bertz CT molecular complexity index is 616. The quantitative estimate of drug-likeness (QED) is 0.833.